The number of hydrogen-bond donors (Lipinski definition) is 2. The average molecular weight is 215 g/mol. The maximum atomic E-state index is 11.6. The molecule has 1 rings (SSSR count). The predicted octanol–water partition coefficient (Wildman–Crippen LogP) is 0.0805. The number of carbonyl (C=O) groups is 2. The predicted molar refractivity (Wildman–Crippen MR) is 53.2 cm³/mol. The van der Waals surface area contributed by atoms with Crippen molar-refractivity contribution in [1.29, 1.82) is 0 Å². The summed E-state index contributed by atoms with van der Waals surface area (Å²) in [7, 11) is 0. The molecule has 1 saturated heterocycles. The van der Waals surface area contributed by atoms with Crippen LogP contribution in [0.4, 0.5) is 0 Å². The van der Waals surface area contributed by atoms with Crippen molar-refractivity contribution in [3.05, 3.63) is 0 Å². The van der Waals surface area contributed by atoms with Crippen LogP contribution in [0.5, 0.6) is 0 Å². The van der Waals surface area contributed by atoms with Gasteiger partial charge in [0.2, 0.25) is 5.91 Å². The van der Waals surface area contributed by atoms with Crippen molar-refractivity contribution in [2.45, 2.75) is 32.2 Å². The smallest absolute Gasteiger partial charge is 0.303 e. The average Bonchev–Trinajstić information content (AvgIpc) is 2.55. The van der Waals surface area contributed by atoms with Crippen LogP contribution in [0.15, 0.2) is 0 Å². The monoisotopic (exact) mass is 215 g/mol. The number of aliphatic carboxylic acids is 1. The van der Waals surface area contributed by atoms with Gasteiger partial charge in [0.15, 0.2) is 0 Å². The number of aliphatic hydroxyl groups is 1. The highest BCUT2D eigenvalue weighted by Gasteiger charge is 2.33. The molecule has 5 nitrogen and oxygen atoms in total. The first-order valence-corrected chi connectivity index (χ1v) is 5.18. The fourth-order valence-electron chi connectivity index (χ4n) is 1.95. The van der Waals surface area contributed by atoms with Crippen molar-refractivity contribution >= 4 is 11.9 Å². The Balaban J connectivity index is 2.48. The zero-order valence-corrected chi connectivity index (χ0v) is 8.85. The first kappa shape index (κ1) is 12.0. The van der Waals surface area contributed by atoms with Crippen molar-refractivity contribution in [2.24, 2.45) is 5.92 Å². The van der Waals surface area contributed by atoms with Crippen LogP contribution in [-0.4, -0.2) is 46.2 Å². The van der Waals surface area contributed by atoms with Crippen molar-refractivity contribution in [1.82, 2.24) is 4.90 Å². The molecule has 86 valence electrons. The van der Waals surface area contributed by atoms with Crippen LogP contribution in [0.3, 0.4) is 0 Å². The van der Waals surface area contributed by atoms with Gasteiger partial charge in [-0.15, -0.1) is 0 Å². The van der Waals surface area contributed by atoms with Gasteiger partial charge in [-0.05, 0) is 12.3 Å². The van der Waals surface area contributed by atoms with Crippen molar-refractivity contribution < 1.29 is 19.8 Å². The highest BCUT2D eigenvalue weighted by Crippen LogP contribution is 2.24. The maximum Gasteiger partial charge on any atom is 0.303 e. The number of carboxylic acids is 1. The minimum atomic E-state index is -0.962. The summed E-state index contributed by atoms with van der Waals surface area (Å²) in [5.41, 5.74) is 0. The van der Waals surface area contributed by atoms with Crippen LogP contribution in [0.2, 0.25) is 0 Å². The van der Waals surface area contributed by atoms with Crippen LogP contribution in [0.1, 0.15) is 26.2 Å². The van der Waals surface area contributed by atoms with Gasteiger partial charge in [0.25, 0.3) is 0 Å². The van der Waals surface area contributed by atoms with E-state index in [-0.39, 0.29) is 31.4 Å². The SMILES string of the molecule is CC1CCN(C(=O)CCC(=O)O)C1CO. The van der Waals surface area contributed by atoms with Gasteiger partial charge >= 0.3 is 5.97 Å². The fourth-order valence-corrected chi connectivity index (χ4v) is 1.95. The molecule has 0 aliphatic carbocycles. The van der Waals surface area contributed by atoms with Crippen LogP contribution < -0.4 is 0 Å². The molecule has 1 aliphatic rings. The molecule has 5 heteroatoms. The van der Waals surface area contributed by atoms with Gasteiger partial charge in [-0.3, -0.25) is 9.59 Å². The number of carboxylic acid groups (broad SMARTS) is 1. The molecule has 0 aromatic carbocycles. The van der Waals surface area contributed by atoms with Crippen molar-refractivity contribution in [3.8, 4) is 0 Å². The van der Waals surface area contributed by atoms with Gasteiger partial charge in [0.1, 0.15) is 0 Å². The molecule has 1 heterocycles. The van der Waals surface area contributed by atoms with Gasteiger partial charge in [0.05, 0.1) is 19.1 Å². The first-order valence-electron chi connectivity index (χ1n) is 5.18. The third-order valence-electron chi connectivity index (χ3n) is 2.94. The normalized spacial score (nSPS) is 25.6. The van der Waals surface area contributed by atoms with Crippen LogP contribution in [0, 0.1) is 5.92 Å². The highest BCUT2D eigenvalue weighted by molar-refractivity contribution is 5.81. The fraction of sp³-hybridized carbons (Fsp3) is 0.800. The van der Waals surface area contributed by atoms with Crippen molar-refractivity contribution in [2.75, 3.05) is 13.2 Å². The van der Waals surface area contributed by atoms with Gasteiger partial charge in [-0.1, -0.05) is 6.92 Å². The third-order valence-corrected chi connectivity index (χ3v) is 2.94. The van der Waals surface area contributed by atoms with Crippen LogP contribution >= 0.6 is 0 Å². The minimum absolute atomic E-state index is 0.0263. The number of likely N-dealkylation sites (tertiary alicyclic amines) is 1. The first-order chi connectivity index (χ1) is 7.06. The minimum Gasteiger partial charge on any atom is -0.481 e. The molecular formula is C10H17NO4. The Morgan fingerprint density at radius 1 is 1.40 bits per heavy atom. The Morgan fingerprint density at radius 3 is 2.60 bits per heavy atom. The Labute approximate surface area is 88.7 Å². The topological polar surface area (TPSA) is 77.8 Å². The van der Waals surface area contributed by atoms with E-state index in [0.29, 0.717) is 12.5 Å². The Bertz CT molecular complexity index is 254. The lowest BCUT2D eigenvalue weighted by atomic mass is 10.0. The Morgan fingerprint density at radius 2 is 2.07 bits per heavy atom. The van der Waals surface area contributed by atoms with E-state index < -0.39 is 5.97 Å². The number of aliphatic hydroxyl groups excluding tert-OH is 1. The van der Waals surface area contributed by atoms with Gasteiger partial charge in [-0.25, -0.2) is 0 Å². The second kappa shape index (κ2) is 5.11. The summed E-state index contributed by atoms with van der Waals surface area (Å²) in [5.74, 6) is -0.833. The van der Waals surface area contributed by atoms with E-state index >= 15 is 0 Å². The molecule has 15 heavy (non-hydrogen) atoms. The second-order valence-corrected chi connectivity index (χ2v) is 4.00. The molecule has 0 saturated carbocycles. The molecule has 2 N–H and O–H groups in total. The molecule has 1 fully saturated rings. The summed E-state index contributed by atoms with van der Waals surface area (Å²) in [6, 6.07) is -0.133. The molecule has 0 spiro atoms. The Hall–Kier alpha value is -1.10. The molecule has 0 aromatic heterocycles. The lowest BCUT2D eigenvalue weighted by molar-refractivity contribution is -0.141. The third kappa shape index (κ3) is 2.92. The van der Waals surface area contributed by atoms with Gasteiger partial charge in [-0.2, -0.15) is 0 Å². The molecule has 2 unspecified atom stereocenters. The Kier molecular flexibility index (Phi) is 4.08. The lowest BCUT2D eigenvalue weighted by Crippen LogP contribution is -2.39. The van der Waals surface area contributed by atoms with E-state index in [9.17, 15) is 9.59 Å². The summed E-state index contributed by atoms with van der Waals surface area (Å²) in [5, 5.41) is 17.6. The summed E-state index contributed by atoms with van der Waals surface area (Å²) >= 11 is 0. The largest absolute Gasteiger partial charge is 0.481 e. The zero-order valence-electron chi connectivity index (χ0n) is 8.85. The molecule has 2 atom stereocenters. The zero-order chi connectivity index (χ0) is 11.4. The summed E-state index contributed by atoms with van der Waals surface area (Å²) in [6.45, 7) is 2.58. The standard InChI is InChI=1S/C10H17NO4/c1-7-4-5-11(8(7)6-12)9(13)2-3-10(14)15/h7-8,12H,2-6H2,1H3,(H,14,15). The van der Waals surface area contributed by atoms with E-state index in [1.807, 2.05) is 6.92 Å². The highest BCUT2D eigenvalue weighted by atomic mass is 16.4. The number of carbonyl (C=O) groups excluding carboxylic acids is 1. The second-order valence-electron chi connectivity index (χ2n) is 4.00. The molecule has 0 radical (unpaired) electrons. The van der Waals surface area contributed by atoms with Gasteiger partial charge in [0, 0.05) is 13.0 Å². The summed E-state index contributed by atoms with van der Waals surface area (Å²) < 4.78 is 0. The van der Waals surface area contributed by atoms with E-state index in [4.69, 9.17) is 10.2 Å². The molecule has 1 amide bonds. The summed E-state index contributed by atoms with van der Waals surface area (Å²) in [6.07, 6.45) is 0.768. The van der Waals surface area contributed by atoms with E-state index in [0.717, 1.165) is 6.42 Å². The molecule has 0 bridgehead atoms. The van der Waals surface area contributed by atoms with E-state index in [2.05, 4.69) is 0 Å². The number of rotatable bonds is 4. The van der Waals surface area contributed by atoms with Crippen LogP contribution in [-0.2, 0) is 9.59 Å². The van der Waals surface area contributed by atoms with Crippen LogP contribution in [0.25, 0.3) is 0 Å². The van der Waals surface area contributed by atoms with E-state index in [1.165, 1.54) is 0 Å². The van der Waals surface area contributed by atoms with E-state index in [1.54, 1.807) is 4.90 Å². The molecule has 1 aliphatic heterocycles. The lowest BCUT2D eigenvalue weighted by Gasteiger charge is -2.25. The number of nitrogens with zero attached hydrogens (tertiary/aromatic N) is 1. The molecular weight excluding hydrogens is 198 g/mol. The maximum absolute atomic E-state index is 11.6. The molecule has 0 aromatic rings. The quantitative estimate of drug-likeness (QED) is 0.696. The van der Waals surface area contributed by atoms with Crippen molar-refractivity contribution in [3.63, 3.8) is 0 Å². The summed E-state index contributed by atoms with van der Waals surface area (Å²) in [4.78, 5) is 23.5. The van der Waals surface area contributed by atoms with Gasteiger partial charge < -0.3 is 15.1 Å². The number of hydrogen-bond acceptors (Lipinski definition) is 3. The number of amides is 1.